The molecule has 0 radical (unpaired) electrons. The molecule has 5 heterocycles. The van der Waals surface area contributed by atoms with E-state index in [4.69, 9.17) is 61.6 Å². The van der Waals surface area contributed by atoms with Gasteiger partial charge in [-0.25, -0.2) is 9.59 Å². The summed E-state index contributed by atoms with van der Waals surface area (Å²) in [5.74, 6) is -3.97. The largest absolute Gasteiger partial charge is 0.571 e. The second-order valence-electron chi connectivity index (χ2n) is 21.3. The fraction of sp³-hybridized carbons (Fsp3) is 0.458. The fourth-order valence-electron chi connectivity index (χ4n) is 10.2. The molecule has 90 heavy (non-hydrogen) atoms. The molecule has 0 aromatic heterocycles. The van der Waals surface area contributed by atoms with Crippen LogP contribution in [0.3, 0.4) is 0 Å². The molecular formula is C59H69O31+. The number of aliphatic hydroxyl groups excluding tert-OH is 12. The monoisotopic (exact) mass is 1270 g/mol. The Kier molecular flexibility index (Phi) is 21.3. The van der Waals surface area contributed by atoms with Crippen molar-refractivity contribution in [2.24, 2.45) is 0 Å². The Hall–Kier alpha value is -7.64. The van der Waals surface area contributed by atoms with Crippen LogP contribution in [0.5, 0.6) is 51.7 Å². The molecule has 0 aliphatic carbocycles. The summed E-state index contributed by atoms with van der Waals surface area (Å²) in [7, 11) is 2.53. The maximum absolute atomic E-state index is 13.1. The maximum Gasteiger partial charge on any atom is 0.331 e. The number of phenols is 4. The lowest BCUT2D eigenvalue weighted by Crippen LogP contribution is -2.61. The number of phenolic OH excluding ortho intramolecular Hbond substituents is 4. The summed E-state index contributed by atoms with van der Waals surface area (Å²) in [4.78, 5) is 25.5. The average Bonchev–Trinajstić information content (AvgIpc) is 0.782. The number of ether oxygens (including phenoxy) is 13. The molecule has 0 saturated carbocycles. The quantitative estimate of drug-likeness (QED) is 0.0187. The summed E-state index contributed by atoms with van der Waals surface area (Å²) in [5.41, 5.74) is 0.991. The molecule has 17 N–H and O–H groups in total. The first-order valence-corrected chi connectivity index (χ1v) is 27.8. The van der Waals surface area contributed by atoms with Crippen molar-refractivity contribution >= 4 is 30.2 Å². The number of carbonyl (C=O) groups is 2. The molecule has 4 aromatic rings. The van der Waals surface area contributed by atoms with Gasteiger partial charge in [-0.1, -0.05) is 18.2 Å². The summed E-state index contributed by atoms with van der Waals surface area (Å²) in [6.45, 7) is -0.674. The Morgan fingerprint density at radius 1 is 0.544 bits per heavy atom. The number of hydrogen-bond donors (Lipinski definition) is 16. The number of aromatic hydroxyl groups is 5. The summed E-state index contributed by atoms with van der Waals surface area (Å²) in [6, 6.07) is 14.7. The van der Waals surface area contributed by atoms with E-state index in [2.05, 4.69) is 0 Å². The first-order chi connectivity index (χ1) is 42.9. The van der Waals surface area contributed by atoms with E-state index in [0.717, 1.165) is 18.2 Å². The van der Waals surface area contributed by atoms with Crippen molar-refractivity contribution in [3.05, 3.63) is 107 Å². The summed E-state index contributed by atoms with van der Waals surface area (Å²) >= 11 is 0. The number of carbonyl (C=O) groups excluding carboxylic acids is 2. The lowest BCUT2D eigenvalue weighted by atomic mass is 9.97. The molecule has 5 aliphatic rings. The summed E-state index contributed by atoms with van der Waals surface area (Å²) in [5, 5.41) is 170. The molecule has 0 bridgehead atoms. The van der Waals surface area contributed by atoms with Gasteiger partial charge in [0.15, 0.2) is 41.2 Å². The van der Waals surface area contributed by atoms with Crippen molar-refractivity contribution in [3.63, 3.8) is 0 Å². The Balaban J connectivity index is 0.815. The highest BCUT2D eigenvalue weighted by atomic mass is 16.7. The van der Waals surface area contributed by atoms with Crippen LogP contribution in [0.1, 0.15) is 35.3 Å². The fourth-order valence-corrected chi connectivity index (χ4v) is 10.2. The smallest absolute Gasteiger partial charge is 0.331 e. The number of methoxy groups -OCH3 is 2. The third-order valence-electron chi connectivity index (χ3n) is 15.2. The molecule has 4 aromatic carbocycles. The van der Waals surface area contributed by atoms with E-state index in [1.807, 2.05) is 0 Å². The molecule has 21 atom stereocenters. The molecule has 5 aliphatic heterocycles. The number of hydrogen-bond acceptors (Lipinski definition) is 30. The minimum Gasteiger partial charge on any atom is -0.571 e. The second kappa shape index (κ2) is 28.7. The van der Waals surface area contributed by atoms with E-state index in [1.165, 1.54) is 100 Å². The first-order valence-electron chi connectivity index (χ1n) is 27.8. The van der Waals surface area contributed by atoms with Gasteiger partial charge >= 0.3 is 11.9 Å². The first kappa shape index (κ1) is 66.8. The number of esters is 2. The van der Waals surface area contributed by atoms with Crippen LogP contribution < -0.4 is 18.9 Å². The van der Waals surface area contributed by atoms with Gasteiger partial charge in [-0.3, -0.25) is 0 Å². The average molecular weight is 1270 g/mol. The molecule has 490 valence electrons. The van der Waals surface area contributed by atoms with E-state index in [0.29, 0.717) is 11.1 Å². The van der Waals surface area contributed by atoms with Gasteiger partial charge in [0.2, 0.25) is 24.6 Å². The third-order valence-corrected chi connectivity index (χ3v) is 15.2. The van der Waals surface area contributed by atoms with Gasteiger partial charge in [0.05, 0.1) is 45.2 Å². The number of aliphatic hydroxyl groups is 13. The minimum atomic E-state index is -2.01. The molecule has 31 heteroatoms. The van der Waals surface area contributed by atoms with Crippen LogP contribution in [0.2, 0.25) is 0 Å². The number of fused-ring (bicyclic) bond motifs is 1. The zero-order chi connectivity index (χ0) is 65.0. The van der Waals surface area contributed by atoms with Crippen LogP contribution in [-0.4, -0.2) is 255 Å². The van der Waals surface area contributed by atoms with Crippen molar-refractivity contribution in [1.29, 1.82) is 0 Å². The van der Waals surface area contributed by atoms with Gasteiger partial charge in [0.25, 0.3) is 11.9 Å². The van der Waals surface area contributed by atoms with Crippen molar-refractivity contribution in [1.82, 2.24) is 0 Å². The zero-order valence-corrected chi connectivity index (χ0v) is 47.8. The Morgan fingerprint density at radius 2 is 1.09 bits per heavy atom. The van der Waals surface area contributed by atoms with E-state index in [1.54, 1.807) is 0 Å². The van der Waals surface area contributed by atoms with E-state index >= 15 is 0 Å². The molecular weight excluding hydrogens is 1200 g/mol. The van der Waals surface area contributed by atoms with Gasteiger partial charge in [0.1, 0.15) is 115 Å². The predicted molar refractivity (Wildman–Crippen MR) is 299 cm³/mol. The lowest BCUT2D eigenvalue weighted by molar-refractivity contribution is -0.325. The van der Waals surface area contributed by atoms with Crippen LogP contribution in [0, 0.1) is 0 Å². The lowest BCUT2D eigenvalue weighted by Gasteiger charge is -2.43. The van der Waals surface area contributed by atoms with Crippen LogP contribution >= 0.6 is 0 Å². The van der Waals surface area contributed by atoms with Crippen LogP contribution in [0.15, 0.2) is 84.6 Å². The molecule has 31 nitrogen and oxygen atoms in total. The molecule has 4 fully saturated rings. The van der Waals surface area contributed by atoms with Gasteiger partial charge in [-0.2, -0.15) is 0 Å². The van der Waals surface area contributed by atoms with Crippen molar-refractivity contribution in [2.45, 2.75) is 136 Å². The highest BCUT2D eigenvalue weighted by Gasteiger charge is 2.51. The van der Waals surface area contributed by atoms with Crippen LogP contribution in [0.4, 0.5) is 0 Å². The predicted octanol–water partition coefficient (Wildman–Crippen LogP) is -2.58. The van der Waals surface area contributed by atoms with Gasteiger partial charge in [-0.15, -0.1) is 0 Å². The molecule has 0 amide bonds. The van der Waals surface area contributed by atoms with Crippen LogP contribution in [-0.2, 0) is 47.5 Å². The molecule has 21 unspecified atom stereocenters. The summed E-state index contributed by atoms with van der Waals surface area (Å²) < 4.78 is 72.7. The Bertz CT molecular complexity index is 3200. The number of benzene rings is 4. The third kappa shape index (κ3) is 14.7. The highest BCUT2D eigenvalue weighted by molar-refractivity contribution is 5.88. The normalized spacial score (nSPS) is 33.5. The van der Waals surface area contributed by atoms with Gasteiger partial charge in [0, 0.05) is 24.3 Å². The van der Waals surface area contributed by atoms with Gasteiger partial charge < -0.3 is 143 Å². The van der Waals surface area contributed by atoms with E-state index in [9.17, 15) is 91.3 Å². The van der Waals surface area contributed by atoms with Crippen molar-refractivity contribution in [2.75, 3.05) is 34.0 Å². The Morgan fingerprint density at radius 3 is 1.70 bits per heavy atom. The maximum atomic E-state index is 13.1. The van der Waals surface area contributed by atoms with Crippen molar-refractivity contribution in [3.8, 4) is 51.7 Å². The van der Waals surface area contributed by atoms with E-state index in [-0.39, 0.29) is 57.1 Å². The van der Waals surface area contributed by atoms with Crippen molar-refractivity contribution < 1.29 is 153 Å². The highest BCUT2D eigenvalue weighted by Crippen LogP contribution is 2.49. The number of rotatable bonds is 20. The zero-order valence-electron chi connectivity index (χ0n) is 47.8. The van der Waals surface area contributed by atoms with E-state index < -0.39 is 172 Å². The standard InChI is InChI=1S/C59H68O31/c1-23-54(90-41(65)13-7-24-4-9-28(10-5-24)83-57-50(74)47(71)44(68)38(88-57)21-80-40(64)12-8-25-6-11-30(62)31(63)14-25)49(73)53(77)56(82-23)81-22-39-45(69)48(72)52(76)59(89-39)86-36-19-29-32(84-55(36)26-15-34(78-2)42(66)35(16-26)79-3)17-27(61)18-33(29)85-58-51(75)46(70)43(67)37(20-60)87-58/h4-19,23,37-39,43-63,66-77H,20-22H2,1-3H3/p+1. The topological polar surface area (TPSA) is 481 Å². The minimum absolute atomic E-state index is 0.0114. The second-order valence-corrected chi connectivity index (χ2v) is 21.3. The molecule has 4 saturated heterocycles. The summed E-state index contributed by atoms with van der Waals surface area (Å²) in [6.07, 6.45) is -29.5. The Labute approximate surface area is 510 Å². The van der Waals surface area contributed by atoms with Crippen LogP contribution in [0.25, 0.3) is 18.2 Å². The SMILES string of the molecule is COc1cc(C2[OH+]c3cc(O)cc(OC4OC(CO)C(O)C(O)C4O)c3C=C2OC2OC(COC3OC(C)C(OC(=O)C=Cc4ccc(OC5OC(COC(=O)C=Cc6ccc(O)c(O)c6)C(O)C(O)C5O)cc4)C(O)C3O)C(O)C(O)C2O)cc(OC)c1O. The molecule has 0 spiro atoms. The molecule has 9 rings (SSSR count). The van der Waals surface area contributed by atoms with Gasteiger partial charge in [-0.05, 0) is 66.6 Å².